The number of guanidine groups is 1. The summed E-state index contributed by atoms with van der Waals surface area (Å²) in [6.45, 7) is 3.87. The summed E-state index contributed by atoms with van der Waals surface area (Å²) in [6, 6.07) is 14.5. The monoisotopic (exact) mass is 538 g/mol. The van der Waals surface area contributed by atoms with Crippen molar-refractivity contribution < 1.29 is 14.2 Å². The van der Waals surface area contributed by atoms with Gasteiger partial charge in [-0.2, -0.15) is 0 Å². The molecular weight excluding hydrogens is 507 g/mol. The first-order chi connectivity index (χ1) is 14.8. The number of nitrogens with zero attached hydrogens (tertiary/aromatic N) is 2. The highest BCUT2D eigenvalue weighted by molar-refractivity contribution is 14.0. The standard InChI is InChI=1S/C23H30N4O3.HI/c1-24-23(25-15-17-7-5-10-21-22(17)30-14-6-13-29-21)26-18-11-12-27(16-18)19-8-3-4-9-20(19)28-2;/h3-5,7-10,18H,6,11-16H2,1-2H3,(H2,24,25,26);1H. The number of aliphatic imine (C=N–C) groups is 1. The van der Waals surface area contributed by atoms with Crippen molar-refractivity contribution in [3.63, 3.8) is 0 Å². The second kappa shape index (κ2) is 11.3. The largest absolute Gasteiger partial charge is 0.495 e. The van der Waals surface area contributed by atoms with Crippen LogP contribution in [0, 0.1) is 0 Å². The van der Waals surface area contributed by atoms with Crippen LogP contribution in [-0.4, -0.2) is 52.5 Å². The molecule has 2 N–H and O–H groups in total. The number of nitrogens with one attached hydrogen (secondary N) is 2. The molecule has 31 heavy (non-hydrogen) atoms. The summed E-state index contributed by atoms with van der Waals surface area (Å²) >= 11 is 0. The van der Waals surface area contributed by atoms with Crippen LogP contribution >= 0.6 is 24.0 Å². The average Bonchev–Trinajstić information content (AvgIpc) is 3.11. The summed E-state index contributed by atoms with van der Waals surface area (Å²) in [7, 11) is 3.52. The lowest BCUT2D eigenvalue weighted by atomic mass is 10.2. The van der Waals surface area contributed by atoms with E-state index in [1.54, 1.807) is 14.2 Å². The van der Waals surface area contributed by atoms with Gasteiger partial charge in [0, 0.05) is 44.7 Å². The van der Waals surface area contributed by atoms with Gasteiger partial charge in [0.1, 0.15) is 5.75 Å². The van der Waals surface area contributed by atoms with Crippen molar-refractivity contribution in [2.24, 2.45) is 4.99 Å². The van der Waals surface area contributed by atoms with Crippen LogP contribution in [0.4, 0.5) is 5.69 Å². The second-order valence-electron chi connectivity index (χ2n) is 7.47. The van der Waals surface area contributed by atoms with Crippen molar-refractivity contribution in [2.45, 2.75) is 25.4 Å². The molecule has 2 aliphatic rings. The van der Waals surface area contributed by atoms with E-state index in [0.717, 1.165) is 60.4 Å². The van der Waals surface area contributed by atoms with Gasteiger partial charge in [-0.05, 0) is 24.6 Å². The molecule has 0 amide bonds. The number of ether oxygens (including phenoxy) is 3. The van der Waals surface area contributed by atoms with Gasteiger partial charge in [0.25, 0.3) is 0 Å². The first-order valence-corrected chi connectivity index (χ1v) is 10.5. The Labute approximate surface area is 201 Å². The van der Waals surface area contributed by atoms with E-state index in [9.17, 15) is 0 Å². The first kappa shape index (κ1) is 23.3. The molecule has 0 aliphatic carbocycles. The zero-order valence-electron chi connectivity index (χ0n) is 18.1. The van der Waals surface area contributed by atoms with E-state index in [2.05, 4.69) is 32.7 Å². The van der Waals surface area contributed by atoms with Crippen LogP contribution < -0.4 is 29.7 Å². The number of methoxy groups -OCH3 is 1. The van der Waals surface area contributed by atoms with E-state index in [1.807, 2.05) is 30.3 Å². The minimum atomic E-state index is 0. The SMILES string of the molecule is CN=C(NCc1cccc2c1OCCCO2)NC1CCN(c2ccccc2OC)C1.I. The van der Waals surface area contributed by atoms with Gasteiger partial charge in [0.15, 0.2) is 17.5 Å². The third-order valence-corrected chi connectivity index (χ3v) is 5.48. The summed E-state index contributed by atoms with van der Waals surface area (Å²) in [6.07, 6.45) is 1.94. The summed E-state index contributed by atoms with van der Waals surface area (Å²) in [4.78, 5) is 6.76. The number of rotatable bonds is 5. The Hall–Kier alpha value is -2.36. The third-order valence-electron chi connectivity index (χ3n) is 5.48. The summed E-state index contributed by atoms with van der Waals surface area (Å²) < 4.78 is 17.2. The molecule has 8 heteroatoms. The van der Waals surface area contributed by atoms with Gasteiger partial charge < -0.3 is 29.7 Å². The number of halogens is 1. The quantitative estimate of drug-likeness (QED) is 0.346. The molecule has 4 rings (SSSR count). The van der Waals surface area contributed by atoms with Gasteiger partial charge >= 0.3 is 0 Å². The number of benzene rings is 2. The molecule has 0 radical (unpaired) electrons. The highest BCUT2D eigenvalue weighted by Crippen LogP contribution is 2.33. The van der Waals surface area contributed by atoms with Crippen molar-refractivity contribution in [1.29, 1.82) is 0 Å². The van der Waals surface area contributed by atoms with Crippen LogP contribution in [0.5, 0.6) is 17.2 Å². The lowest BCUT2D eigenvalue weighted by molar-refractivity contribution is 0.296. The zero-order valence-corrected chi connectivity index (χ0v) is 20.4. The van der Waals surface area contributed by atoms with Crippen LogP contribution in [0.2, 0.25) is 0 Å². The Morgan fingerprint density at radius 2 is 2.00 bits per heavy atom. The molecule has 0 saturated carbocycles. The van der Waals surface area contributed by atoms with E-state index in [1.165, 1.54) is 0 Å². The molecule has 1 saturated heterocycles. The van der Waals surface area contributed by atoms with Gasteiger partial charge in [-0.15, -0.1) is 24.0 Å². The van der Waals surface area contributed by atoms with Crippen molar-refractivity contribution in [3.8, 4) is 17.2 Å². The molecule has 7 nitrogen and oxygen atoms in total. The maximum absolute atomic E-state index is 5.92. The summed E-state index contributed by atoms with van der Waals surface area (Å²) in [5.74, 6) is 3.35. The van der Waals surface area contributed by atoms with Crippen molar-refractivity contribution in [2.75, 3.05) is 45.4 Å². The van der Waals surface area contributed by atoms with E-state index in [-0.39, 0.29) is 24.0 Å². The molecule has 2 aromatic carbocycles. The molecule has 0 aromatic heterocycles. The van der Waals surface area contributed by atoms with E-state index in [0.29, 0.717) is 25.8 Å². The maximum Gasteiger partial charge on any atom is 0.191 e. The average molecular weight is 538 g/mol. The summed E-state index contributed by atoms with van der Waals surface area (Å²) in [5.41, 5.74) is 2.20. The van der Waals surface area contributed by atoms with Crippen LogP contribution in [0.3, 0.4) is 0 Å². The Balaban J connectivity index is 0.00000272. The van der Waals surface area contributed by atoms with Gasteiger partial charge in [-0.25, -0.2) is 0 Å². The number of anilines is 1. The summed E-state index contributed by atoms with van der Waals surface area (Å²) in [5, 5.41) is 6.97. The number of hydrogen-bond donors (Lipinski definition) is 2. The lowest BCUT2D eigenvalue weighted by Crippen LogP contribution is -2.44. The molecule has 2 aliphatic heterocycles. The minimum Gasteiger partial charge on any atom is -0.495 e. The topological polar surface area (TPSA) is 67.4 Å². The molecule has 0 spiro atoms. The molecule has 1 fully saturated rings. The predicted octanol–water partition coefficient (Wildman–Crippen LogP) is 3.42. The Kier molecular flexibility index (Phi) is 8.51. The molecule has 1 unspecified atom stereocenters. The smallest absolute Gasteiger partial charge is 0.191 e. The molecule has 1 atom stereocenters. The minimum absolute atomic E-state index is 0. The molecule has 2 heterocycles. The van der Waals surface area contributed by atoms with E-state index in [4.69, 9.17) is 14.2 Å². The molecule has 0 bridgehead atoms. The fourth-order valence-corrected chi connectivity index (χ4v) is 3.95. The van der Waals surface area contributed by atoms with Crippen LogP contribution in [0.1, 0.15) is 18.4 Å². The molecule has 2 aromatic rings. The molecular formula is C23H31IN4O3. The fourth-order valence-electron chi connectivity index (χ4n) is 3.95. The van der Waals surface area contributed by atoms with Gasteiger partial charge in [0.05, 0.1) is 26.0 Å². The van der Waals surface area contributed by atoms with E-state index >= 15 is 0 Å². The Bertz CT molecular complexity index is 893. The lowest BCUT2D eigenvalue weighted by Gasteiger charge is -2.22. The van der Waals surface area contributed by atoms with Crippen LogP contribution in [0.15, 0.2) is 47.5 Å². The van der Waals surface area contributed by atoms with Crippen LogP contribution in [0.25, 0.3) is 0 Å². The zero-order chi connectivity index (χ0) is 20.8. The number of fused-ring (bicyclic) bond motifs is 1. The van der Waals surface area contributed by atoms with Gasteiger partial charge in [-0.1, -0.05) is 24.3 Å². The number of hydrogen-bond acceptors (Lipinski definition) is 5. The van der Waals surface area contributed by atoms with E-state index < -0.39 is 0 Å². The highest BCUT2D eigenvalue weighted by Gasteiger charge is 2.25. The Morgan fingerprint density at radius 3 is 2.84 bits per heavy atom. The second-order valence-corrected chi connectivity index (χ2v) is 7.47. The third kappa shape index (κ3) is 5.66. The van der Waals surface area contributed by atoms with Crippen molar-refractivity contribution in [1.82, 2.24) is 10.6 Å². The first-order valence-electron chi connectivity index (χ1n) is 10.5. The molecule has 168 valence electrons. The van der Waals surface area contributed by atoms with Crippen molar-refractivity contribution >= 4 is 35.6 Å². The Morgan fingerprint density at radius 1 is 1.16 bits per heavy atom. The van der Waals surface area contributed by atoms with Gasteiger partial charge in [-0.3, -0.25) is 4.99 Å². The van der Waals surface area contributed by atoms with Crippen molar-refractivity contribution in [3.05, 3.63) is 48.0 Å². The maximum atomic E-state index is 5.92. The fraction of sp³-hybridized carbons (Fsp3) is 0.435. The normalized spacial score (nSPS) is 18.1. The number of para-hydroxylation sites is 3. The predicted molar refractivity (Wildman–Crippen MR) is 134 cm³/mol. The highest BCUT2D eigenvalue weighted by atomic mass is 127. The van der Waals surface area contributed by atoms with Gasteiger partial charge in [0.2, 0.25) is 0 Å². The van der Waals surface area contributed by atoms with Crippen LogP contribution in [-0.2, 0) is 6.54 Å².